The van der Waals surface area contributed by atoms with E-state index in [1.54, 1.807) is 0 Å². The van der Waals surface area contributed by atoms with E-state index in [-0.39, 0.29) is 0 Å². The highest BCUT2D eigenvalue weighted by Crippen LogP contribution is 2.12. The third-order valence-electron chi connectivity index (χ3n) is 2.42. The third-order valence-corrected chi connectivity index (χ3v) is 2.42. The molecular weight excluding hydrogens is 176 g/mol. The van der Waals surface area contributed by atoms with Crippen LogP contribution in [0.2, 0.25) is 0 Å². The molecule has 1 aliphatic heterocycles. The van der Waals surface area contributed by atoms with Gasteiger partial charge in [-0.2, -0.15) is 0 Å². The van der Waals surface area contributed by atoms with Crippen molar-refractivity contribution in [3.8, 4) is 0 Å². The molecular formula is C11H16N2O. The summed E-state index contributed by atoms with van der Waals surface area (Å²) < 4.78 is 5.51. The molecule has 2 heterocycles. The fourth-order valence-electron chi connectivity index (χ4n) is 1.67. The average molecular weight is 192 g/mol. The number of ether oxygens (including phenoxy) is 1. The monoisotopic (exact) mass is 192 g/mol. The molecule has 3 nitrogen and oxygen atoms in total. The normalized spacial score (nSPS) is 21.1. The number of nitrogens with one attached hydrogen (secondary N) is 1. The molecule has 3 heteroatoms. The van der Waals surface area contributed by atoms with Crippen molar-refractivity contribution in [3.63, 3.8) is 0 Å². The topological polar surface area (TPSA) is 34.1 Å². The van der Waals surface area contributed by atoms with E-state index in [0.29, 0.717) is 6.10 Å². The van der Waals surface area contributed by atoms with Gasteiger partial charge in [0.25, 0.3) is 0 Å². The maximum absolute atomic E-state index is 5.51. The number of hydrogen-bond donors (Lipinski definition) is 1. The fourth-order valence-corrected chi connectivity index (χ4v) is 1.67. The summed E-state index contributed by atoms with van der Waals surface area (Å²) in [5.74, 6) is 0.945. The van der Waals surface area contributed by atoms with Gasteiger partial charge in [0.1, 0.15) is 5.82 Å². The summed E-state index contributed by atoms with van der Waals surface area (Å²) in [4.78, 5) is 4.37. The second-order valence-electron chi connectivity index (χ2n) is 3.68. The van der Waals surface area contributed by atoms with Gasteiger partial charge in [0, 0.05) is 18.8 Å². The summed E-state index contributed by atoms with van der Waals surface area (Å²) >= 11 is 0. The third kappa shape index (κ3) is 2.45. The van der Waals surface area contributed by atoms with Gasteiger partial charge in [0.05, 0.1) is 6.10 Å². The van der Waals surface area contributed by atoms with Gasteiger partial charge in [-0.25, -0.2) is 4.98 Å². The minimum Gasteiger partial charge on any atom is -0.376 e. The van der Waals surface area contributed by atoms with Crippen LogP contribution in [0.3, 0.4) is 0 Å². The minimum atomic E-state index is 0.373. The van der Waals surface area contributed by atoms with Gasteiger partial charge in [-0.15, -0.1) is 0 Å². The van der Waals surface area contributed by atoms with Crippen LogP contribution in [0, 0.1) is 6.92 Å². The molecule has 0 radical (unpaired) electrons. The average Bonchev–Trinajstić information content (AvgIpc) is 2.67. The van der Waals surface area contributed by atoms with Crippen molar-refractivity contribution in [1.29, 1.82) is 0 Å². The van der Waals surface area contributed by atoms with Crippen LogP contribution in [0.5, 0.6) is 0 Å². The number of aryl methyl sites for hydroxylation is 1. The molecule has 1 aromatic heterocycles. The van der Waals surface area contributed by atoms with E-state index < -0.39 is 0 Å². The van der Waals surface area contributed by atoms with Crippen LogP contribution < -0.4 is 5.32 Å². The maximum atomic E-state index is 5.51. The Balaban J connectivity index is 1.85. The van der Waals surface area contributed by atoms with Crippen molar-refractivity contribution >= 4 is 5.82 Å². The molecule has 14 heavy (non-hydrogen) atoms. The highest BCUT2D eigenvalue weighted by Gasteiger charge is 2.14. The number of nitrogens with zero attached hydrogens (tertiary/aromatic N) is 1. The van der Waals surface area contributed by atoms with Crippen LogP contribution in [0.25, 0.3) is 0 Å². The zero-order chi connectivity index (χ0) is 9.80. The lowest BCUT2D eigenvalue weighted by Crippen LogP contribution is -2.18. The van der Waals surface area contributed by atoms with E-state index in [0.717, 1.165) is 24.7 Å². The summed E-state index contributed by atoms with van der Waals surface area (Å²) in [6, 6.07) is 6.00. The Kier molecular flexibility index (Phi) is 2.99. The van der Waals surface area contributed by atoms with Crippen molar-refractivity contribution in [2.75, 3.05) is 18.5 Å². The second kappa shape index (κ2) is 4.42. The minimum absolute atomic E-state index is 0.373. The predicted molar refractivity (Wildman–Crippen MR) is 56.4 cm³/mol. The molecule has 1 aliphatic rings. The van der Waals surface area contributed by atoms with Gasteiger partial charge in [-0.05, 0) is 31.9 Å². The summed E-state index contributed by atoms with van der Waals surface area (Å²) in [5.41, 5.74) is 1.04. The van der Waals surface area contributed by atoms with Crippen LogP contribution in [-0.2, 0) is 4.74 Å². The molecule has 1 N–H and O–H groups in total. The van der Waals surface area contributed by atoms with Gasteiger partial charge in [-0.3, -0.25) is 0 Å². The van der Waals surface area contributed by atoms with Crippen LogP contribution in [0.15, 0.2) is 18.2 Å². The second-order valence-corrected chi connectivity index (χ2v) is 3.68. The number of hydrogen-bond acceptors (Lipinski definition) is 3. The number of anilines is 1. The van der Waals surface area contributed by atoms with Gasteiger partial charge in [0.15, 0.2) is 0 Å². The largest absolute Gasteiger partial charge is 0.376 e. The summed E-state index contributed by atoms with van der Waals surface area (Å²) in [6.07, 6.45) is 2.73. The predicted octanol–water partition coefficient (Wildman–Crippen LogP) is 1.98. The van der Waals surface area contributed by atoms with Crippen LogP contribution >= 0.6 is 0 Å². The van der Waals surface area contributed by atoms with Crippen molar-refractivity contribution < 1.29 is 4.74 Å². The summed E-state index contributed by atoms with van der Waals surface area (Å²) in [6.45, 7) is 3.78. The number of pyridine rings is 1. The lowest BCUT2D eigenvalue weighted by molar-refractivity contribution is 0.120. The first-order valence-corrected chi connectivity index (χ1v) is 5.14. The van der Waals surface area contributed by atoms with E-state index in [1.165, 1.54) is 12.8 Å². The lowest BCUT2D eigenvalue weighted by atomic mass is 10.2. The Morgan fingerprint density at radius 2 is 2.50 bits per heavy atom. The van der Waals surface area contributed by atoms with Gasteiger partial charge >= 0.3 is 0 Å². The number of rotatable bonds is 3. The molecule has 1 fully saturated rings. The molecule has 76 valence electrons. The molecule has 1 aromatic rings. The van der Waals surface area contributed by atoms with E-state index in [1.807, 2.05) is 25.1 Å². The Hall–Kier alpha value is -1.09. The smallest absolute Gasteiger partial charge is 0.126 e. The van der Waals surface area contributed by atoms with Crippen LogP contribution in [0.4, 0.5) is 5.82 Å². The Labute approximate surface area is 84.5 Å². The maximum Gasteiger partial charge on any atom is 0.126 e. The van der Waals surface area contributed by atoms with Gasteiger partial charge < -0.3 is 10.1 Å². The summed E-state index contributed by atoms with van der Waals surface area (Å²) in [7, 11) is 0. The highest BCUT2D eigenvalue weighted by atomic mass is 16.5. The molecule has 1 atom stereocenters. The van der Waals surface area contributed by atoms with Gasteiger partial charge in [-0.1, -0.05) is 6.07 Å². The van der Waals surface area contributed by atoms with E-state index in [2.05, 4.69) is 10.3 Å². The van der Waals surface area contributed by atoms with Crippen molar-refractivity contribution in [2.45, 2.75) is 25.9 Å². The fraction of sp³-hybridized carbons (Fsp3) is 0.545. The standard InChI is InChI=1S/C11H16N2O/c1-9-4-2-6-11(13-9)12-8-10-5-3-7-14-10/h2,4,6,10H,3,5,7-8H2,1H3,(H,12,13). The van der Waals surface area contributed by atoms with E-state index >= 15 is 0 Å². The van der Waals surface area contributed by atoms with Crippen LogP contribution in [-0.4, -0.2) is 24.2 Å². The molecule has 1 unspecified atom stereocenters. The Bertz CT molecular complexity index is 295. The highest BCUT2D eigenvalue weighted by molar-refractivity contribution is 5.35. The SMILES string of the molecule is Cc1cccc(NCC2CCCO2)n1. The lowest BCUT2D eigenvalue weighted by Gasteiger charge is -2.11. The first-order valence-electron chi connectivity index (χ1n) is 5.14. The van der Waals surface area contributed by atoms with Crippen molar-refractivity contribution in [2.24, 2.45) is 0 Å². The number of aromatic nitrogens is 1. The van der Waals surface area contributed by atoms with Crippen molar-refractivity contribution in [1.82, 2.24) is 4.98 Å². The molecule has 0 saturated carbocycles. The molecule has 0 spiro atoms. The Morgan fingerprint density at radius 1 is 1.57 bits per heavy atom. The Morgan fingerprint density at radius 3 is 3.21 bits per heavy atom. The summed E-state index contributed by atoms with van der Waals surface area (Å²) in [5, 5.41) is 3.29. The van der Waals surface area contributed by atoms with Crippen LogP contribution in [0.1, 0.15) is 18.5 Å². The molecule has 0 bridgehead atoms. The van der Waals surface area contributed by atoms with E-state index in [4.69, 9.17) is 4.74 Å². The molecule has 0 aromatic carbocycles. The van der Waals surface area contributed by atoms with Crippen molar-refractivity contribution in [3.05, 3.63) is 23.9 Å². The van der Waals surface area contributed by atoms with Gasteiger partial charge in [0.2, 0.25) is 0 Å². The molecule has 1 saturated heterocycles. The molecule has 0 aliphatic carbocycles. The zero-order valence-electron chi connectivity index (χ0n) is 8.49. The first-order chi connectivity index (χ1) is 6.84. The zero-order valence-corrected chi connectivity index (χ0v) is 8.49. The quantitative estimate of drug-likeness (QED) is 0.795. The van der Waals surface area contributed by atoms with E-state index in [9.17, 15) is 0 Å². The molecule has 2 rings (SSSR count). The molecule has 0 amide bonds. The first kappa shape index (κ1) is 9.46.